The Bertz CT molecular complexity index is 868. The minimum atomic E-state index is -0.700. The van der Waals surface area contributed by atoms with Crippen molar-refractivity contribution in [3.05, 3.63) is 53.6 Å². The molecule has 1 aliphatic rings. The molecule has 1 saturated heterocycles. The lowest BCUT2D eigenvalue weighted by Gasteiger charge is -2.21. The average Bonchev–Trinajstić information content (AvgIpc) is 3.12. The van der Waals surface area contributed by atoms with Crippen LogP contribution in [0.25, 0.3) is 0 Å². The first-order valence-electron chi connectivity index (χ1n) is 9.10. The van der Waals surface area contributed by atoms with E-state index >= 15 is 0 Å². The molecule has 1 heterocycles. The van der Waals surface area contributed by atoms with Gasteiger partial charge in [0.25, 0.3) is 0 Å². The highest BCUT2D eigenvalue weighted by atomic mass is 16.6. The lowest BCUT2D eigenvalue weighted by molar-refractivity contribution is -0.125. The molecule has 2 aromatic carbocycles. The van der Waals surface area contributed by atoms with E-state index in [2.05, 4.69) is 5.32 Å². The van der Waals surface area contributed by atoms with Gasteiger partial charge >= 0.3 is 6.09 Å². The molecule has 0 bridgehead atoms. The fourth-order valence-electron chi connectivity index (χ4n) is 3.07. The van der Waals surface area contributed by atoms with E-state index in [1.165, 1.54) is 4.90 Å². The number of rotatable bonds is 8. The molecule has 8 nitrogen and oxygen atoms in total. The zero-order valence-electron chi connectivity index (χ0n) is 16.6. The summed E-state index contributed by atoms with van der Waals surface area (Å²) in [6.07, 6.45) is -0.524. The molecular weight excluding hydrogens is 376 g/mol. The van der Waals surface area contributed by atoms with Crippen LogP contribution in [0.5, 0.6) is 17.2 Å². The van der Waals surface area contributed by atoms with Crippen LogP contribution in [0.2, 0.25) is 0 Å². The topological polar surface area (TPSA) is 86.3 Å². The molecule has 0 spiro atoms. The number of hydrogen-bond donors (Lipinski definition) is 1. The van der Waals surface area contributed by atoms with Crippen LogP contribution in [-0.2, 0) is 22.6 Å². The normalized spacial score (nSPS) is 15.6. The van der Waals surface area contributed by atoms with Gasteiger partial charge in [-0.2, -0.15) is 0 Å². The van der Waals surface area contributed by atoms with Gasteiger partial charge in [0, 0.05) is 6.54 Å². The number of nitrogens with one attached hydrogen (secondary N) is 1. The second-order valence-corrected chi connectivity index (χ2v) is 6.48. The molecule has 3 rings (SSSR count). The Labute approximate surface area is 169 Å². The summed E-state index contributed by atoms with van der Waals surface area (Å²) in [5.74, 6) is 1.62. The second kappa shape index (κ2) is 9.18. The molecule has 29 heavy (non-hydrogen) atoms. The molecule has 0 aliphatic carbocycles. The summed E-state index contributed by atoms with van der Waals surface area (Å²) in [7, 11) is 4.70. The predicted octanol–water partition coefficient (Wildman–Crippen LogP) is 2.35. The fourth-order valence-corrected chi connectivity index (χ4v) is 3.07. The van der Waals surface area contributed by atoms with E-state index in [4.69, 9.17) is 18.9 Å². The number of carbonyl (C=O) groups excluding carboxylic acids is 2. The highest BCUT2D eigenvalue weighted by Gasteiger charge is 2.38. The van der Waals surface area contributed by atoms with Crippen LogP contribution in [0.1, 0.15) is 11.1 Å². The lowest BCUT2D eigenvalue weighted by atomic mass is 10.1. The monoisotopic (exact) mass is 400 g/mol. The van der Waals surface area contributed by atoms with Crippen molar-refractivity contribution in [2.24, 2.45) is 0 Å². The van der Waals surface area contributed by atoms with Crippen molar-refractivity contribution >= 4 is 12.0 Å². The summed E-state index contributed by atoms with van der Waals surface area (Å²) < 4.78 is 20.8. The minimum Gasteiger partial charge on any atom is -0.497 e. The minimum absolute atomic E-state index is 0.0145. The van der Waals surface area contributed by atoms with E-state index in [-0.39, 0.29) is 19.1 Å². The third-order valence-corrected chi connectivity index (χ3v) is 4.70. The Kier molecular flexibility index (Phi) is 6.43. The maximum atomic E-state index is 12.7. The van der Waals surface area contributed by atoms with Crippen LogP contribution >= 0.6 is 0 Å². The van der Waals surface area contributed by atoms with Crippen LogP contribution in [0.3, 0.4) is 0 Å². The molecule has 2 aromatic rings. The molecule has 0 radical (unpaired) electrons. The highest BCUT2D eigenvalue weighted by Crippen LogP contribution is 2.29. The van der Waals surface area contributed by atoms with Crippen molar-refractivity contribution in [3.8, 4) is 17.2 Å². The Hall–Kier alpha value is -3.42. The second-order valence-electron chi connectivity index (χ2n) is 6.48. The van der Waals surface area contributed by atoms with E-state index in [0.717, 1.165) is 16.9 Å². The SMILES string of the molecule is COc1ccc(CNC(=O)[C@@H]2COC(=O)N2Cc2ccc(OC)c(OC)c2)cc1. The summed E-state index contributed by atoms with van der Waals surface area (Å²) in [6, 6.07) is 12.0. The number of cyclic esters (lactones) is 1. The Morgan fingerprint density at radius 2 is 1.72 bits per heavy atom. The van der Waals surface area contributed by atoms with Crippen LogP contribution in [0.4, 0.5) is 4.79 Å². The van der Waals surface area contributed by atoms with Gasteiger partial charge in [-0.15, -0.1) is 0 Å². The summed E-state index contributed by atoms with van der Waals surface area (Å²) in [5.41, 5.74) is 1.73. The van der Waals surface area contributed by atoms with Crippen molar-refractivity contribution in [2.45, 2.75) is 19.1 Å². The number of carbonyl (C=O) groups is 2. The molecule has 0 aromatic heterocycles. The number of hydrogen-bond acceptors (Lipinski definition) is 6. The van der Waals surface area contributed by atoms with E-state index < -0.39 is 12.1 Å². The average molecular weight is 400 g/mol. The van der Waals surface area contributed by atoms with E-state index in [1.54, 1.807) is 33.5 Å². The largest absolute Gasteiger partial charge is 0.497 e. The van der Waals surface area contributed by atoms with Gasteiger partial charge in [-0.25, -0.2) is 4.79 Å². The molecule has 2 amide bonds. The van der Waals surface area contributed by atoms with Crippen molar-refractivity contribution in [1.82, 2.24) is 10.2 Å². The van der Waals surface area contributed by atoms with Gasteiger partial charge < -0.3 is 24.3 Å². The number of benzene rings is 2. The summed E-state index contributed by atoms with van der Waals surface area (Å²) in [5, 5.41) is 2.86. The summed E-state index contributed by atoms with van der Waals surface area (Å²) in [4.78, 5) is 26.2. The zero-order chi connectivity index (χ0) is 20.8. The maximum absolute atomic E-state index is 12.7. The molecule has 0 unspecified atom stereocenters. The third-order valence-electron chi connectivity index (χ3n) is 4.70. The molecule has 0 saturated carbocycles. The highest BCUT2D eigenvalue weighted by molar-refractivity contribution is 5.87. The molecule has 154 valence electrons. The quantitative estimate of drug-likeness (QED) is 0.732. The van der Waals surface area contributed by atoms with Gasteiger partial charge in [-0.1, -0.05) is 18.2 Å². The number of amides is 2. The van der Waals surface area contributed by atoms with E-state index in [0.29, 0.717) is 18.0 Å². The van der Waals surface area contributed by atoms with Crippen LogP contribution in [0.15, 0.2) is 42.5 Å². The zero-order valence-corrected chi connectivity index (χ0v) is 16.6. The molecule has 8 heteroatoms. The van der Waals surface area contributed by atoms with Crippen LogP contribution in [-0.4, -0.2) is 50.9 Å². The van der Waals surface area contributed by atoms with Gasteiger partial charge in [-0.3, -0.25) is 9.69 Å². The third kappa shape index (κ3) is 4.71. The van der Waals surface area contributed by atoms with Crippen molar-refractivity contribution in [1.29, 1.82) is 0 Å². The Morgan fingerprint density at radius 3 is 2.38 bits per heavy atom. The molecular formula is C21H24N2O6. The number of nitrogens with zero attached hydrogens (tertiary/aromatic N) is 1. The first-order chi connectivity index (χ1) is 14.0. The first-order valence-corrected chi connectivity index (χ1v) is 9.10. The Morgan fingerprint density at radius 1 is 1.03 bits per heavy atom. The lowest BCUT2D eigenvalue weighted by Crippen LogP contribution is -2.45. The maximum Gasteiger partial charge on any atom is 0.410 e. The smallest absolute Gasteiger partial charge is 0.410 e. The molecule has 1 atom stereocenters. The van der Waals surface area contributed by atoms with Gasteiger partial charge in [0.1, 0.15) is 18.4 Å². The van der Waals surface area contributed by atoms with Crippen molar-refractivity contribution in [3.63, 3.8) is 0 Å². The van der Waals surface area contributed by atoms with E-state index in [1.807, 2.05) is 30.3 Å². The van der Waals surface area contributed by atoms with Gasteiger partial charge in [0.2, 0.25) is 5.91 Å². The van der Waals surface area contributed by atoms with Crippen LogP contribution < -0.4 is 19.5 Å². The fraction of sp³-hybridized carbons (Fsp3) is 0.333. The van der Waals surface area contributed by atoms with Crippen molar-refractivity contribution < 1.29 is 28.5 Å². The standard InChI is InChI=1S/C21H24N2O6/c1-26-16-7-4-14(5-8-16)11-22-20(24)17-13-29-21(25)23(17)12-15-6-9-18(27-2)19(10-15)28-3/h4-10,17H,11-13H2,1-3H3,(H,22,24)/t17-/m0/s1. The Balaban J connectivity index is 1.65. The number of ether oxygens (including phenoxy) is 4. The molecule has 1 N–H and O–H groups in total. The first kappa shape index (κ1) is 20.3. The molecule has 1 aliphatic heterocycles. The number of methoxy groups -OCH3 is 3. The predicted molar refractivity (Wildman–Crippen MR) is 105 cm³/mol. The van der Waals surface area contributed by atoms with Gasteiger partial charge in [0.05, 0.1) is 27.9 Å². The van der Waals surface area contributed by atoms with E-state index in [9.17, 15) is 9.59 Å². The van der Waals surface area contributed by atoms with Crippen LogP contribution in [0, 0.1) is 0 Å². The van der Waals surface area contributed by atoms with Gasteiger partial charge in [-0.05, 0) is 35.4 Å². The van der Waals surface area contributed by atoms with Crippen molar-refractivity contribution in [2.75, 3.05) is 27.9 Å². The van der Waals surface area contributed by atoms with Gasteiger partial charge in [0.15, 0.2) is 11.5 Å². The molecule has 1 fully saturated rings. The summed E-state index contributed by atoms with van der Waals surface area (Å²) in [6.45, 7) is 0.581. The summed E-state index contributed by atoms with van der Waals surface area (Å²) >= 11 is 0.